The highest BCUT2D eigenvalue weighted by atomic mass is 16.5. The van der Waals surface area contributed by atoms with E-state index in [9.17, 15) is 0 Å². The smallest absolute Gasteiger partial charge is 0.0755 e. The van der Waals surface area contributed by atoms with E-state index in [0.29, 0.717) is 12.1 Å². The Morgan fingerprint density at radius 2 is 1.86 bits per heavy atom. The maximum atomic E-state index is 5.67. The molecule has 0 aromatic rings. The summed E-state index contributed by atoms with van der Waals surface area (Å²) in [6.45, 7) is 3.38. The van der Waals surface area contributed by atoms with Gasteiger partial charge in [0.15, 0.2) is 0 Å². The highest BCUT2D eigenvalue weighted by Gasteiger charge is 2.43. The first kappa shape index (κ1) is 10.4. The zero-order valence-corrected chi connectivity index (χ0v) is 9.46. The quantitative estimate of drug-likeness (QED) is 0.675. The Kier molecular flexibility index (Phi) is 3.45. The van der Waals surface area contributed by atoms with Crippen molar-refractivity contribution in [2.45, 2.75) is 51.2 Å². The monoisotopic (exact) mass is 197 g/mol. The fourth-order valence-corrected chi connectivity index (χ4v) is 2.37. The molecule has 2 aliphatic rings. The lowest BCUT2D eigenvalue weighted by molar-refractivity contribution is 0.0442. The standard InChI is InChI=1S/C12H23NO/c1-3-8-13-11(9-4-5-9)12(14-2)10-6-7-10/h9-13H,3-8H2,1-2H3. The van der Waals surface area contributed by atoms with Crippen molar-refractivity contribution in [1.29, 1.82) is 0 Å². The van der Waals surface area contributed by atoms with Gasteiger partial charge in [0, 0.05) is 13.2 Å². The Bertz CT molecular complexity index is 175. The van der Waals surface area contributed by atoms with Gasteiger partial charge in [0.1, 0.15) is 0 Å². The minimum Gasteiger partial charge on any atom is -0.380 e. The number of nitrogens with one attached hydrogen (secondary N) is 1. The Morgan fingerprint density at radius 1 is 1.21 bits per heavy atom. The first-order valence-electron chi connectivity index (χ1n) is 6.13. The van der Waals surface area contributed by atoms with Crippen molar-refractivity contribution < 1.29 is 4.74 Å². The van der Waals surface area contributed by atoms with E-state index in [1.807, 2.05) is 7.11 Å². The molecule has 2 aliphatic carbocycles. The lowest BCUT2D eigenvalue weighted by Gasteiger charge is -2.27. The summed E-state index contributed by atoms with van der Waals surface area (Å²) in [7, 11) is 1.88. The van der Waals surface area contributed by atoms with Crippen LogP contribution in [0.25, 0.3) is 0 Å². The minimum atomic E-state index is 0.494. The van der Waals surface area contributed by atoms with Crippen molar-refractivity contribution in [2.24, 2.45) is 11.8 Å². The van der Waals surface area contributed by atoms with Gasteiger partial charge in [0.05, 0.1) is 6.10 Å². The zero-order chi connectivity index (χ0) is 9.97. The van der Waals surface area contributed by atoms with Crippen LogP contribution in [0.3, 0.4) is 0 Å². The second-order valence-corrected chi connectivity index (χ2v) is 4.86. The molecule has 1 N–H and O–H groups in total. The summed E-state index contributed by atoms with van der Waals surface area (Å²) >= 11 is 0. The molecular formula is C12H23NO. The van der Waals surface area contributed by atoms with Gasteiger partial charge < -0.3 is 10.1 Å². The third kappa shape index (κ3) is 2.48. The first-order valence-corrected chi connectivity index (χ1v) is 6.13. The van der Waals surface area contributed by atoms with E-state index < -0.39 is 0 Å². The average molecular weight is 197 g/mol. The van der Waals surface area contributed by atoms with Crippen molar-refractivity contribution in [2.75, 3.05) is 13.7 Å². The van der Waals surface area contributed by atoms with Crippen LogP contribution in [0.4, 0.5) is 0 Å². The molecule has 2 rings (SSSR count). The van der Waals surface area contributed by atoms with Crippen LogP contribution in [-0.2, 0) is 4.74 Å². The predicted molar refractivity (Wildman–Crippen MR) is 58.3 cm³/mol. The van der Waals surface area contributed by atoms with Gasteiger partial charge in [-0.1, -0.05) is 6.92 Å². The van der Waals surface area contributed by atoms with Gasteiger partial charge in [-0.2, -0.15) is 0 Å². The summed E-state index contributed by atoms with van der Waals surface area (Å²) in [5.41, 5.74) is 0. The van der Waals surface area contributed by atoms with E-state index in [0.717, 1.165) is 18.4 Å². The molecule has 0 saturated heterocycles. The van der Waals surface area contributed by atoms with Crippen LogP contribution in [0.1, 0.15) is 39.0 Å². The topological polar surface area (TPSA) is 21.3 Å². The summed E-state index contributed by atoms with van der Waals surface area (Å²) in [4.78, 5) is 0. The summed E-state index contributed by atoms with van der Waals surface area (Å²) in [5, 5.41) is 3.68. The Labute approximate surface area is 87.4 Å². The van der Waals surface area contributed by atoms with Crippen LogP contribution in [0.15, 0.2) is 0 Å². The fourth-order valence-electron chi connectivity index (χ4n) is 2.37. The van der Waals surface area contributed by atoms with Crippen LogP contribution in [0.5, 0.6) is 0 Å². The highest BCUT2D eigenvalue weighted by Crippen LogP contribution is 2.42. The van der Waals surface area contributed by atoms with Gasteiger partial charge in [-0.15, -0.1) is 0 Å². The van der Waals surface area contributed by atoms with Crippen molar-refractivity contribution >= 4 is 0 Å². The molecule has 2 unspecified atom stereocenters. The number of methoxy groups -OCH3 is 1. The molecule has 2 nitrogen and oxygen atoms in total. The molecule has 2 saturated carbocycles. The molecule has 0 radical (unpaired) electrons. The van der Waals surface area contributed by atoms with Crippen LogP contribution in [0, 0.1) is 11.8 Å². The summed E-state index contributed by atoms with van der Waals surface area (Å²) in [6.07, 6.45) is 7.31. The molecule has 14 heavy (non-hydrogen) atoms. The molecule has 2 fully saturated rings. The second-order valence-electron chi connectivity index (χ2n) is 4.86. The highest BCUT2D eigenvalue weighted by molar-refractivity contribution is 4.97. The normalized spacial score (nSPS) is 26.1. The largest absolute Gasteiger partial charge is 0.380 e. The number of hydrogen-bond acceptors (Lipinski definition) is 2. The summed E-state index contributed by atoms with van der Waals surface area (Å²) in [6, 6.07) is 0.646. The number of rotatable bonds is 7. The van der Waals surface area contributed by atoms with Crippen LogP contribution in [-0.4, -0.2) is 25.8 Å². The molecular weight excluding hydrogens is 174 g/mol. The molecule has 0 bridgehead atoms. The van der Waals surface area contributed by atoms with Crippen LogP contribution >= 0.6 is 0 Å². The van der Waals surface area contributed by atoms with Crippen molar-refractivity contribution in [3.63, 3.8) is 0 Å². The molecule has 2 heteroatoms. The van der Waals surface area contributed by atoms with Crippen molar-refractivity contribution in [3.05, 3.63) is 0 Å². The molecule has 0 aromatic carbocycles. The van der Waals surface area contributed by atoms with Gasteiger partial charge in [0.2, 0.25) is 0 Å². The third-order valence-electron chi connectivity index (χ3n) is 3.47. The van der Waals surface area contributed by atoms with Gasteiger partial charge >= 0.3 is 0 Å². The Hall–Kier alpha value is -0.0800. The Morgan fingerprint density at radius 3 is 2.29 bits per heavy atom. The van der Waals surface area contributed by atoms with E-state index in [4.69, 9.17) is 4.74 Å². The van der Waals surface area contributed by atoms with Gasteiger partial charge in [-0.3, -0.25) is 0 Å². The van der Waals surface area contributed by atoms with E-state index in [1.165, 1.54) is 32.1 Å². The maximum absolute atomic E-state index is 5.67. The van der Waals surface area contributed by atoms with Gasteiger partial charge in [-0.05, 0) is 50.5 Å². The number of ether oxygens (including phenoxy) is 1. The van der Waals surface area contributed by atoms with Crippen LogP contribution in [0.2, 0.25) is 0 Å². The first-order chi connectivity index (χ1) is 6.86. The summed E-state index contributed by atoms with van der Waals surface area (Å²) in [5.74, 6) is 1.77. The minimum absolute atomic E-state index is 0.494. The Balaban J connectivity index is 1.85. The SMILES string of the molecule is CCCNC(C1CC1)C(OC)C1CC1. The van der Waals surface area contributed by atoms with E-state index in [2.05, 4.69) is 12.2 Å². The lowest BCUT2D eigenvalue weighted by Crippen LogP contribution is -2.44. The third-order valence-corrected chi connectivity index (χ3v) is 3.47. The van der Waals surface area contributed by atoms with Crippen LogP contribution < -0.4 is 5.32 Å². The summed E-state index contributed by atoms with van der Waals surface area (Å²) < 4.78 is 5.67. The van der Waals surface area contributed by atoms with E-state index in [-0.39, 0.29) is 0 Å². The van der Waals surface area contributed by atoms with Gasteiger partial charge in [0.25, 0.3) is 0 Å². The predicted octanol–water partition coefficient (Wildman–Crippen LogP) is 2.19. The van der Waals surface area contributed by atoms with Crippen molar-refractivity contribution in [1.82, 2.24) is 5.32 Å². The van der Waals surface area contributed by atoms with Gasteiger partial charge in [-0.25, -0.2) is 0 Å². The molecule has 2 atom stereocenters. The maximum Gasteiger partial charge on any atom is 0.0755 e. The molecule has 0 amide bonds. The second kappa shape index (κ2) is 4.63. The van der Waals surface area contributed by atoms with E-state index >= 15 is 0 Å². The fraction of sp³-hybridized carbons (Fsp3) is 1.00. The number of hydrogen-bond donors (Lipinski definition) is 1. The molecule has 0 spiro atoms. The lowest BCUT2D eigenvalue weighted by atomic mass is 10.0. The molecule has 0 aliphatic heterocycles. The zero-order valence-electron chi connectivity index (χ0n) is 9.46. The van der Waals surface area contributed by atoms with Crippen molar-refractivity contribution in [3.8, 4) is 0 Å². The molecule has 82 valence electrons. The average Bonchev–Trinajstić information content (AvgIpc) is 3.04. The van der Waals surface area contributed by atoms with E-state index in [1.54, 1.807) is 0 Å². The molecule has 0 aromatic heterocycles. The molecule has 0 heterocycles.